The smallest absolute Gasteiger partial charge is 0.251 e. The van der Waals surface area contributed by atoms with Crippen LogP contribution in [-0.4, -0.2) is 48.8 Å². The predicted molar refractivity (Wildman–Crippen MR) is 149 cm³/mol. The number of Topliss-reactive ketones (excluding diaryl/α,β-unsaturated/α-hetero) is 1. The van der Waals surface area contributed by atoms with Crippen molar-refractivity contribution in [2.75, 3.05) is 4.90 Å². The number of pyridine rings is 1. The molecule has 0 spiro atoms. The second-order valence-electron chi connectivity index (χ2n) is 9.88. The number of nitrogens with zero attached hydrogens (tertiary/aromatic N) is 6. The molecule has 2 amide bonds. The number of hydrogen-bond donors (Lipinski definition) is 1. The maximum atomic E-state index is 14.0. The second kappa shape index (κ2) is 12.4. The highest BCUT2D eigenvalue weighted by Crippen LogP contribution is 2.29. The van der Waals surface area contributed by atoms with Crippen LogP contribution in [0, 0.1) is 0 Å². The Hall–Kier alpha value is -4.73. The van der Waals surface area contributed by atoms with Crippen molar-refractivity contribution in [3.05, 3.63) is 90.3 Å². The summed E-state index contributed by atoms with van der Waals surface area (Å²) in [7, 11) is 0. The number of aromatic nitrogens is 5. The van der Waals surface area contributed by atoms with Gasteiger partial charge in [0.1, 0.15) is 6.54 Å². The zero-order valence-corrected chi connectivity index (χ0v) is 22.3. The molecule has 2 aromatic carbocycles. The average Bonchev–Trinajstić information content (AvgIpc) is 3.45. The van der Waals surface area contributed by atoms with Crippen LogP contribution >= 0.6 is 0 Å². The summed E-state index contributed by atoms with van der Waals surface area (Å²) >= 11 is 0. The lowest BCUT2D eigenvalue weighted by molar-refractivity contribution is -0.127. The van der Waals surface area contributed by atoms with Gasteiger partial charge in [0.2, 0.25) is 11.7 Å². The fourth-order valence-corrected chi connectivity index (χ4v) is 4.95. The summed E-state index contributed by atoms with van der Waals surface area (Å²) in [6.07, 6.45) is 6.65. The van der Waals surface area contributed by atoms with E-state index in [9.17, 15) is 14.4 Å². The molecule has 0 radical (unpaired) electrons. The first-order chi connectivity index (χ1) is 19.5. The fourth-order valence-electron chi connectivity index (χ4n) is 4.95. The lowest BCUT2D eigenvalue weighted by Gasteiger charge is -2.32. The van der Waals surface area contributed by atoms with Crippen molar-refractivity contribution >= 4 is 23.3 Å². The third-order valence-corrected chi connectivity index (χ3v) is 7.01. The summed E-state index contributed by atoms with van der Waals surface area (Å²) in [6.45, 7) is 1.22. The van der Waals surface area contributed by atoms with E-state index in [0.29, 0.717) is 22.8 Å². The first kappa shape index (κ1) is 26.9. The van der Waals surface area contributed by atoms with Gasteiger partial charge in [0.25, 0.3) is 5.91 Å². The number of amides is 2. The highest BCUT2D eigenvalue weighted by atomic mass is 16.2. The average molecular weight is 538 g/mol. The van der Waals surface area contributed by atoms with E-state index in [1.54, 1.807) is 48.7 Å². The van der Waals surface area contributed by atoms with Crippen LogP contribution in [0.3, 0.4) is 0 Å². The molecule has 1 N–H and O–H groups in total. The van der Waals surface area contributed by atoms with Gasteiger partial charge in [-0.25, -0.2) is 0 Å². The standard InChI is InChI=1S/C30H31N7O3/c1-21(38)22-15-17-25(18-16-22)37(27(39)20-36-34-29(33-35-36)23-10-4-2-5-11-23)28(26-14-8-9-19-31-26)30(40)32-24-12-6-3-7-13-24/h2,4-5,8-11,14-19,24,28H,3,6-7,12-13,20H2,1H3,(H,32,40)/t28-/m0/s1. The van der Waals surface area contributed by atoms with E-state index in [4.69, 9.17) is 0 Å². The normalized spacial score (nSPS) is 14.3. The molecule has 40 heavy (non-hydrogen) atoms. The van der Waals surface area contributed by atoms with Crippen LogP contribution in [0.25, 0.3) is 11.4 Å². The fraction of sp³-hybridized carbons (Fsp3) is 0.300. The highest BCUT2D eigenvalue weighted by Gasteiger charge is 2.35. The van der Waals surface area contributed by atoms with E-state index in [0.717, 1.165) is 37.7 Å². The maximum absolute atomic E-state index is 14.0. The van der Waals surface area contributed by atoms with Gasteiger partial charge in [0.15, 0.2) is 11.8 Å². The van der Waals surface area contributed by atoms with Crippen LogP contribution in [0.1, 0.15) is 61.1 Å². The van der Waals surface area contributed by atoms with Crippen LogP contribution in [0.4, 0.5) is 5.69 Å². The molecule has 4 aromatic rings. The van der Waals surface area contributed by atoms with E-state index < -0.39 is 11.9 Å². The number of ketones is 1. The van der Waals surface area contributed by atoms with Crippen LogP contribution in [-0.2, 0) is 16.1 Å². The number of tetrazole rings is 1. The monoisotopic (exact) mass is 537 g/mol. The minimum Gasteiger partial charge on any atom is -0.351 e. The molecule has 1 aliphatic carbocycles. The van der Waals surface area contributed by atoms with Crippen LogP contribution < -0.4 is 10.2 Å². The van der Waals surface area contributed by atoms with Gasteiger partial charge in [-0.1, -0.05) is 55.7 Å². The van der Waals surface area contributed by atoms with Gasteiger partial charge in [-0.2, -0.15) is 4.80 Å². The minimum absolute atomic E-state index is 0.0370. The predicted octanol–water partition coefficient (Wildman–Crippen LogP) is 4.16. The number of rotatable bonds is 9. The Kier molecular flexibility index (Phi) is 8.34. The summed E-state index contributed by atoms with van der Waals surface area (Å²) in [6, 6.07) is 20.3. The quantitative estimate of drug-likeness (QED) is 0.318. The zero-order chi connectivity index (χ0) is 27.9. The van der Waals surface area contributed by atoms with Gasteiger partial charge in [-0.05, 0) is 61.4 Å². The maximum Gasteiger partial charge on any atom is 0.251 e. The van der Waals surface area contributed by atoms with Crippen molar-refractivity contribution in [1.82, 2.24) is 30.5 Å². The van der Waals surface area contributed by atoms with Gasteiger partial charge in [0, 0.05) is 29.1 Å². The van der Waals surface area contributed by atoms with Crippen molar-refractivity contribution in [2.24, 2.45) is 0 Å². The Morgan fingerprint density at radius 2 is 1.68 bits per heavy atom. The second-order valence-corrected chi connectivity index (χ2v) is 9.88. The first-order valence-electron chi connectivity index (χ1n) is 13.5. The minimum atomic E-state index is -1.05. The van der Waals surface area contributed by atoms with Gasteiger partial charge >= 0.3 is 0 Å². The Labute approximate surface area is 232 Å². The number of nitrogens with one attached hydrogen (secondary N) is 1. The molecular formula is C30H31N7O3. The summed E-state index contributed by atoms with van der Waals surface area (Å²) in [5, 5.41) is 15.7. The Morgan fingerprint density at radius 3 is 2.35 bits per heavy atom. The van der Waals surface area contributed by atoms with Crippen molar-refractivity contribution in [2.45, 2.75) is 57.7 Å². The molecule has 1 atom stereocenters. The van der Waals surface area contributed by atoms with E-state index in [-0.39, 0.29) is 24.3 Å². The van der Waals surface area contributed by atoms with Crippen molar-refractivity contribution in [3.63, 3.8) is 0 Å². The van der Waals surface area contributed by atoms with Crippen molar-refractivity contribution in [3.8, 4) is 11.4 Å². The van der Waals surface area contributed by atoms with Gasteiger partial charge in [-0.3, -0.25) is 24.3 Å². The Bertz CT molecular complexity index is 1450. The molecule has 0 saturated heterocycles. The molecule has 1 fully saturated rings. The summed E-state index contributed by atoms with van der Waals surface area (Å²) in [4.78, 5) is 46.9. The van der Waals surface area contributed by atoms with Crippen molar-refractivity contribution < 1.29 is 14.4 Å². The van der Waals surface area contributed by atoms with E-state index >= 15 is 0 Å². The molecular weight excluding hydrogens is 506 g/mol. The lowest BCUT2D eigenvalue weighted by atomic mass is 9.95. The number of benzene rings is 2. The molecule has 2 aromatic heterocycles. The highest BCUT2D eigenvalue weighted by molar-refractivity contribution is 6.01. The molecule has 204 valence electrons. The zero-order valence-electron chi connectivity index (χ0n) is 22.3. The van der Waals surface area contributed by atoms with Gasteiger partial charge in [0.05, 0.1) is 5.69 Å². The largest absolute Gasteiger partial charge is 0.351 e. The van der Waals surface area contributed by atoms with Crippen molar-refractivity contribution in [1.29, 1.82) is 0 Å². The third kappa shape index (κ3) is 6.28. The van der Waals surface area contributed by atoms with Gasteiger partial charge in [-0.15, -0.1) is 10.2 Å². The summed E-state index contributed by atoms with van der Waals surface area (Å²) < 4.78 is 0. The molecule has 0 unspecified atom stereocenters. The topological polar surface area (TPSA) is 123 Å². The van der Waals surface area contributed by atoms with E-state index in [1.165, 1.54) is 16.6 Å². The molecule has 2 heterocycles. The first-order valence-corrected chi connectivity index (χ1v) is 13.5. The van der Waals surface area contributed by atoms with Crippen LogP contribution in [0.15, 0.2) is 79.0 Å². The number of anilines is 1. The SMILES string of the molecule is CC(=O)c1ccc(N(C(=O)Cn2nnc(-c3ccccc3)n2)[C@H](C(=O)NC2CCCCC2)c2ccccn2)cc1. The molecule has 10 nitrogen and oxygen atoms in total. The molecule has 1 aliphatic rings. The Balaban J connectivity index is 1.50. The molecule has 1 saturated carbocycles. The number of carbonyl (C=O) groups excluding carboxylic acids is 3. The molecule has 0 bridgehead atoms. The van der Waals surface area contributed by atoms with E-state index in [2.05, 4.69) is 25.7 Å². The molecule has 10 heteroatoms. The van der Waals surface area contributed by atoms with Gasteiger partial charge < -0.3 is 5.32 Å². The number of hydrogen-bond acceptors (Lipinski definition) is 7. The summed E-state index contributed by atoms with van der Waals surface area (Å²) in [5.41, 5.74) is 2.16. The van der Waals surface area contributed by atoms with E-state index in [1.807, 2.05) is 30.3 Å². The summed E-state index contributed by atoms with van der Waals surface area (Å²) in [5.74, 6) is -0.448. The van der Waals surface area contributed by atoms with Crippen LogP contribution in [0.2, 0.25) is 0 Å². The Morgan fingerprint density at radius 1 is 0.950 bits per heavy atom. The molecule has 5 rings (SSSR count). The van der Waals surface area contributed by atoms with Crippen LogP contribution in [0.5, 0.6) is 0 Å². The number of carbonyl (C=O) groups is 3. The third-order valence-electron chi connectivity index (χ3n) is 7.01. The molecule has 0 aliphatic heterocycles. The lowest BCUT2D eigenvalue weighted by Crippen LogP contribution is -2.48.